The van der Waals surface area contributed by atoms with Crippen molar-refractivity contribution in [2.24, 2.45) is 12.8 Å². The first-order chi connectivity index (χ1) is 7.65. The molecule has 0 bridgehead atoms. The molecule has 0 unspecified atom stereocenters. The number of aromatic nitrogens is 2. The smallest absolute Gasteiger partial charge is 0.140 e. The van der Waals surface area contributed by atoms with Gasteiger partial charge in [-0.3, -0.25) is 0 Å². The van der Waals surface area contributed by atoms with Crippen molar-refractivity contribution in [3.8, 4) is 11.4 Å². The summed E-state index contributed by atoms with van der Waals surface area (Å²) < 4.78 is 2.08. The Hall–Kier alpha value is -1.61. The first kappa shape index (κ1) is 10.9. The summed E-state index contributed by atoms with van der Waals surface area (Å²) in [6.45, 7) is 4.63. The Kier molecular flexibility index (Phi) is 2.79. The molecule has 0 aliphatic rings. The average molecular weight is 215 g/mol. The molecule has 2 rings (SSSR count). The summed E-state index contributed by atoms with van der Waals surface area (Å²) in [5.41, 5.74) is 10.2. The van der Waals surface area contributed by atoms with E-state index >= 15 is 0 Å². The molecule has 3 nitrogen and oxygen atoms in total. The van der Waals surface area contributed by atoms with Crippen molar-refractivity contribution < 1.29 is 0 Å². The minimum atomic E-state index is 0.529. The van der Waals surface area contributed by atoms with Crippen LogP contribution in [0, 0.1) is 13.8 Å². The van der Waals surface area contributed by atoms with Crippen LogP contribution in [0.3, 0.4) is 0 Å². The zero-order valence-corrected chi connectivity index (χ0v) is 9.99. The van der Waals surface area contributed by atoms with E-state index in [2.05, 4.69) is 28.6 Å². The average Bonchev–Trinajstić information content (AvgIpc) is 2.55. The van der Waals surface area contributed by atoms with Crippen molar-refractivity contribution in [3.63, 3.8) is 0 Å². The second-order valence-corrected chi connectivity index (χ2v) is 4.05. The van der Waals surface area contributed by atoms with E-state index in [1.54, 1.807) is 0 Å². The third-order valence-corrected chi connectivity index (χ3v) is 2.99. The van der Waals surface area contributed by atoms with Crippen LogP contribution in [-0.4, -0.2) is 9.55 Å². The zero-order valence-electron chi connectivity index (χ0n) is 9.99. The largest absolute Gasteiger partial charge is 0.330 e. The quantitative estimate of drug-likeness (QED) is 0.834. The Labute approximate surface area is 95.9 Å². The highest BCUT2D eigenvalue weighted by Gasteiger charge is 2.12. The van der Waals surface area contributed by atoms with Gasteiger partial charge in [0.2, 0.25) is 0 Å². The van der Waals surface area contributed by atoms with Crippen molar-refractivity contribution in [1.29, 1.82) is 0 Å². The normalized spacial score (nSPS) is 10.8. The number of rotatable bonds is 2. The lowest BCUT2D eigenvalue weighted by Crippen LogP contribution is -2.05. The molecule has 0 amide bonds. The Balaban J connectivity index is 2.62. The Morgan fingerprint density at radius 1 is 1.25 bits per heavy atom. The molecular weight excluding hydrogens is 198 g/mol. The van der Waals surface area contributed by atoms with Crippen LogP contribution in [-0.2, 0) is 13.6 Å². The maximum absolute atomic E-state index is 5.72. The fraction of sp³-hybridized carbons (Fsp3) is 0.308. The maximum Gasteiger partial charge on any atom is 0.140 e. The lowest BCUT2D eigenvalue weighted by molar-refractivity contribution is 0.822. The molecule has 1 heterocycles. The molecule has 0 spiro atoms. The van der Waals surface area contributed by atoms with E-state index in [4.69, 9.17) is 5.73 Å². The lowest BCUT2D eigenvalue weighted by Gasteiger charge is -2.06. The molecule has 0 saturated carbocycles. The topological polar surface area (TPSA) is 43.8 Å². The van der Waals surface area contributed by atoms with Crippen LogP contribution in [0.2, 0.25) is 0 Å². The van der Waals surface area contributed by atoms with E-state index in [9.17, 15) is 0 Å². The molecule has 3 heteroatoms. The fourth-order valence-electron chi connectivity index (χ4n) is 2.02. The molecule has 0 radical (unpaired) electrons. The molecule has 84 valence electrons. The Bertz CT molecular complexity index is 512. The number of nitrogens with two attached hydrogens (primary N) is 1. The number of hydrogen-bond donors (Lipinski definition) is 1. The third kappa shape index (κ3) is 1.63. The minimum Gasteiger partial charge on any atom is -0.330 e. The van der Waals surface area contributed by atoms with Crippen molar-refractivity contribution >= 4 is 0 Å². The van der Waals surface area contributed by atoms with Crippen LogP contribution in [0.15, 0.2) is 24.3 Å². The molecule has 1 aromatic carbocycles. The van der Waals surface area contributed by atoms with Gasteiger partial charge >= 0.3 is 0 Å². The van der Waals surface area contributed by atoms with Crippen LogP contribution in [0.25, 0.3) is 11.4 Å². The molecule has 0 fully saturated rings. The summed E-state index contributed by atoms with van der Waals surface area (Å²) in [6.07, 6.45) is 0. The zero-order chi connectivity index (χ0) is 11.7. The van der Waals surface area contributed by atoms with Crippen LogP contribution >= 0.6 is 0 Å². The monoisotopic (exact) mass is 215 g/mol. The van der Waals surface area contributed by atoms with Gasteiger partial charge in [-0.1, -0.05) is 24.3 Å². The molecule has 0 aliphatic carbocycles. The summed E-state index contributed by atoms with van der Waals surface area (Å²) in [7, 11) is 2.02. The highest BCUT2D eigenvalue weighted by atomic mass is 15.1. The number of benzene rings is 1. The molecule has 16 heavy (non-hydrogen) atoms. The Morgan fingerprint density at radius 2 is 1.94 bits per heavy atom. The maximum atomic E-state index is 5.72. The first-order valence-electron chi connectivity index (χ1n) is 5.43. The third-order valence-electron chi connectivity index (χ3n) is 2.99. The fourth-order valence-corrected chi connectivity index (χ4v) is 2.02. The van der Waals surface area contributed by atoms with Gasteiger partial charge in [-0.15, -0.1) is 0 Å². The van der Waals surface area contributed by atoms with Crippen molar-refractivity contribution in [1.82, 2.24) is 9.55 Å². The van der Waals surface area contributed by atoms with Gasteiger partial charge in [0, 0.05) is 19.2 Å². The van der Waals surface area contributed by atoms with E-state index < -0.39 is 0 Å². The predicted molar refractivity (Wildman–Crippen MR) is 66.0 cm³/mol. The van der Waals surface area contributed by atoms with Gasteiger partial charge in [0.05, 0.1) is 11.4 Å². The van der Waals surface area contributed by atoms with Crippen LogP contribution in [0.4, 0.5) is 0 Å². The number of nitrogens with zero attached hydrogens (tertiary/aromatic N) is 2. The van der Waals surface area contributed by atoms with E-state index in [1.165, 1.54) is 11.1 Å². The number of aryl methyl sites for hydroxylation is 2. The van der Waals surface area contributed by atoms with Crippen molar-refractivity contribution in [2.45, 2.75) is 20.4 Å². The SMILES string of the molecule is Cc1ccccc1-c1nc(C)c(CN)n1C. The molecular formula is C13H17N3. The van der Waals surface area contributed by atoms with Crippen molar-refractivity contribution in [3.05, 3.63) is 41.2 Å². The van der Waals surface area contributed by atoms with Crippen LogP contribution in [0.1, 0.15) is 17.0 Å². The van der Waals surface area contributed by atoms with Gasteiger partial charge < -0.3 is 10.3 Å². The molecule has 0 atom stereocenters. The number of imidazole rings is 1. The number of hydrogen-bond acceptors (Lipinski definition) is 2. The first-order valence-corrected chi connectivity index (χ1v) is 5.43. The highest BCUT2D eigenvalue weighted by molar-refractivity contribution is 5.61. The van der Waals surface area contributed by atoms with E-state index in [1.807, 2.05) is 26.1 Å². The van der Waals surface area contributed by atoms with Gasteiger partial charge in [-0.2, -0.15) is 0 Å². The van der Waals surface area contributed by atoms with Crippen LogP contribution < -0.4 is 5.73 Å². The van der Waals surface area contributed by atoms with Crippen molar-refractivity contribution in [2.75, 3.05) is 0 Å². The molecule has 2 N–H and O–H groups in total. The van der Waals surface area contributed by atoms with E-state index in [0.717, 1.165) is 17.2 Å². The van der Waals surface area contributed by atoms with Gasteiger partial charge in [0.25, 0.3) is 0 Å². The molecule has 2 aromatic rings. The van der Waals surface area contributed by atoms with E-state index in [0.29, 0.717) is 6.54 Å². The molecule has 0 saturated heterocycles. The van der Waals surface area contributed by atoms with Gasteiger partial charge in [0.1, 0.15) is 5.82 Å². The molecule has 1 aromatic heterocycles. The predicted octanol–water partition coefficient (Wildman–Crippen LogP) is 2.16. The molecule has 0 aliphatic heterocycles. The van der Waals surface area contributed by atoms with Gasteiger partial charge in [-0.25, -0.2) is 4.98 Å². The second kappa shape index (κ2) is 4.10. The van der Waals surface area contributed by atoms with Gasteiger partial charge in [-0.05, 0) is 19.4 Å². The van der Waals surface area contributed by atoms with Crippen LogP contribution in [0.5, 0.6) is 0 Å². The van der Waals surface area contributed by atoms with E-state index in [-0.39, 0.29) is 0 Å². The van der Waals surface area contributed by atoms with Gasteiger partial charge in [0.15, 0.2) is 0 Å². The summed E-state index contributed by atoms with van der Waals surface area (Å²) in [5, 5.41) is 0. The standard InChI is InChI=1S/C13H17N3/c1-9-6-4-5-7-11(9)13-15-10(2)12(8-14)16(13)3/h4-7H,8,14H2,1-3H3. The summed E-state index contributed by atoms with van der Waals surface area (Å²) >= 11 is 0. The Morgan fingerprint density at radius 3 is 2.50 bits per heavy atom. The summed E-state index contributed by atoms with van der Waals surface area (Å²) in [6, 6.07) is 8.27. The lowest BCUT2D eigenvalue weighted by atomic mass is 10.1. The minimum absolute atomic E-state index is 0.529. The highest BCUT2D eigenvalue weighted by Crippen LogP contribution is 2.23. The summed E-state index contributed by atoms with van der Waals surface area (Å²) in [4.78, 5) is 4.60. The second-order valence-electron chi connectivity index (χ2n) is 4.05. The summed E-state index contributed by atoms with van der Waals surface area (Å²) in [5.74, 6) is 0.996.